The summed E-state index contributed by atoms with van der Waals surface area (Å²) in [6.07, 6.45) is -0.0450. The van der Waals surface area contributed by atoms with Crippen LogP contribution >= 0.6 is 11.6 Å². The van der Waals surface area contributed by atoms with Gasteiger partial charge in [0, 0.05) is 16.1 Å². The molecule has 1 N–H and O–H groups in total. The molecule has 200 valence electrons. The molecule has 5 nitrogen and oxygen atoms in total. The van der Waals surface area contributed by atoms with Gasteiger partial charge in [-0.25, -0.2) is 4.72 Å². The predicted molar refractivity (Wildman–Crippen MR) is 150 cm³/mol. The zero-order valence-electron chi connectivity index (χ0n) is 23.3. The van der Waals surface area contributed by atoms with E-state index in [1.165, 1.54) is 5.56 Å². The Morgan fingerprint density at radius 1 is 0.750 bits per heavy atom. The Morgan fingerprint density at radius 2 is 1.17 bits per heavy atom. The number of halogens is 1. The van der Waals surface area contributed by atoms with Crippen molar-refractivity contribution in [3.05, 3.63) is 62.7 Å². The lowest BCUT2D eigenvalue weighted by Gasteiger charge is -2.23. The van der Waals surface area contributed by atoms with E-state index in [1.54, 1.807) is 12.1 Å². The lowest BCUT2D eigenvalue weighted by molar-refractivity contribution is -0.118. The lowest BCUT2D eigenvalue weighted by atomic mass is 9.83. The van der Waals surface area contributed by atoms with Crippen molar-refractivity contribution in [2.45, 2.75) is 105 Å². The number of carbonyl (C=O) groups is 1. The summed E-state index contributed by atoms with van der Waals surface area (Å²) in [4.78, 5) is 13.1. The first-order valence-electron chi connectivity index (χ1n) is 12.8. The fourth-order valence-electron chi connectivity index (χ4n) is 4.37. The minimum Gasteiger partial charge on any atom is -0.366 e. The molecule has 0 fully saturated rings. The first-order valence-corrected chi connectivity index (χ1v) is 14.6. The van der Waals surface area contributed by atoms with Crippen LogP contribution in [0.2, 0.25) is 5.02 Å². The summed E-state index contributed by atoms with van der Waals surface area (Å²) >= 11 is 6.29. The van der Waals surface area contributed by atoms with E-state index in [0.717, 1.165) is 16.7 Å². The number of hydrogen-bond acceptors (Lipinski definition) is 4. The topological polar surface area (TPSA) is 72.5 Å². The summed E-state index contributed by atoms with van der Waals surface area (Å²) in [6, 6.07) is 7.72. The molecule has 1 amide bonds. The highest BCUT2D eigenvalue weighted by atomic mass is 35.5. The highest BCUT2D eigenvalue weighted by molar-refractivity contribution is 7.85. The molecule has 0 unspecified atom stereocenters. The maximum absolute atomic E-state index is 13.1. The fraction of sp³-hybridized carbons (Fsp3) is 0.552. The molecule has 0 aliphatic carbocycles. The van der Waals surface area contributed by atoms with Crippen molar-refractivity contribution in [2.24, 2.45) is 0 Å². The number of rotatable bonds is 10. The zero-order valence-corrected chi connectivity index (χ0v) is 24.9. The molecule has 0 atom stereocenters. The van der Waals surface area contributed by atoms with Crippen LogP contribution in [-0.2, 0) is 21.5 Å². The Labute approximate surface area is 223 Å². The molecule has 2 aromatic carbocycles. The molecule has 0 heterocycles. The predicted octanol–water partition coefficient (Wildman–Crippen LogP) is 7.94. The van der Waals surface area contributed by atoms with Gasteiger partial charge in [-0.3, -0.25) is 4.79 Å². The van der Waals surface area contributed by atoms with Crippen LogP contribution in [0, 0.1) is 0 Å². The molecular weight excluding hydrogens is 494 g/mol. The summed E-state index contributed by atoms with van der Waals surface area (Å²) in [5.74, 6) is 0.286. The van der Waals surface area contributed by atoms with Crippen molar-refractivity contribution in [3.63, 3.8) is 0 Å². The Hall–Kier alpha value is -2.05. The first-order chi connectivity index (χ1) is 16.5. The van der Waals surface area contributed by atoms with Gasteiger partial charge in [0.25, 0.3) is 0 Å². The lowest BCUT2D eigenvalue weighted by Crippen LogP contribution is -2.36. The van der Waals surface area contributed by atoms with E-state index in [-0.39, 0.29) is 35.8 Å². The summed E-state index contributed by atoms with van der Waals surface area (Å²) in [5.41, 5.74) is 5.59. The van der Waals surface area contributed by atoms with Crippen LogP contribution < -0.4 is 8.91 Å². The zero-order chi connectivity index (χ0) is 27.5. The van der Waals surface area contributed by atoms with Gasteiger partial charge in [-0.15, -0.1) is 0 Å². The molecule has 0 spiro atoms. The van der Waals surface area contributed by atoms with Gasteiger partial charge in [0.2, 0.25) is 5.91 Å². The van der Waals surface area contributed by atoms with Gasteiger partial charge < -0.3 is 4.18 Å². The largest absolute Gasteiger partial charge is 0.409 e. The molecule has 2 rings (SSSR count). The Morgan fingerprint density at radius 3 is 1.53 bits per heavy atom. The van der Waals surface area contributed by atoms with Crippen LogP contribution in [0.1, 0.15) is 132 Å². The standard InChI is InChI=1S/C29H42ClNO4S/c1-16(2)21-11-23(17(3)4)27(24(12-21)18(5)6)15-28(32)31-36(33,34)35-29-25(19(7)8)13-22(30)14-26(29)20(9)10/h11-14,16-20H,15H2,1-10H3,(H,31,32). The summed E-state index contributed by atoms with van der Waals surface area (Å²) < 4.78 is 33.7. The van der Waals surface area contributed by atoms with Crippen molar-refractivity contribution in [1.82, 2.24) is 4.72 Å². The maximum atomic E-state index is 13.1. The minimum absolute atomic E-state index is 0.0243. The van der Waals surface area contributed by atoms with Crippen molar-refractivity contribution in [2.75, 3.05) is 0 Å². The molecule has 0 saturated heterocycles. The summed E-state index contributed by atoms with van der Waals surface area (Å²) in [5, 5.41) is 0.517. The molecule has 7 heteroatoms. The average Bonchev–Trinajstić information content (AvgIpc) is 2.73. The highest BCUT2D eigenvalue weighted by Gasteiger charge is 2.26. The van der Waals surface area contributed by atoms with Crippen LogP contribution in [0.15, 0.2) is 24.3 Å². The Kier molecular flexibility index (Phi) is 10.1. The van der Waals surface area contributed by atoms with Gasteiger partial charge >= 0.3 is 10.3 Å². The fourth-order valence-corrected chi connectivity index (χ4v) is 5.41. The quantitative estimate of drug-likeness (QED) is 0.335. The van der Waals surface area contributed by atoms with E-state index >= 15 is 0 Å². The number of hydrogen-bond donors (Lipinski definition) is 1. The molecule has 0 radical (unpaired) electrons. The van der Waals surface area contributed by atoms with Gasteiger partial charge in [0.05, 0.1) is 6.42 Å². The minimum atomic E-state index is -4.41. The molecule has 2 aromatic rings. The Balaban J connectivity index is 2.43. The first kappa shape index (κ1) is 30.2. The molecular formula is C29H42ClNO4S. The Bertz CT molecular complexity index is 1140. The normalized spacial score (nSPS) is 12.3. The number of amides is 1. The van der Waals surface area contributed by atoms with Crippen LogP contribution in [-0.4, -0.2) is 14.3 Å². The van der Waals surface area contributed by atoms with Gasteiger partial charge in [0.15, 0.2) is 5.75 Å². The van der Waals surface area contributed by atoms with E-state index in [0.29, 0.717) is 22.1 Å². The van der Waals surface area contributed by atoms with E-state index in [1.807, 2.05) is 27.7 Å². The van der Waals surface area contributed by atoms with Gasteiger partial charge in [-0.2, -0.15) is 8.42 Å². The summed E-state index contributed by atoms with van der Waals surface area (Å²) in [7, 11) is -4.41. The van der Waals surface area contributed by atoms with Gasteiger partial charge in [-0.05, 0) is 64.0 Å². The number of carbonyl (C=O) groups excluding carboxylic acids is 1. The molecule has 0 aromatic heterocycles. The van der Waals surface area contributed by atoms with Crippen molar-refractivity contribution in [1.29, 1.82) is 0 Å². The third-order valence-electron chi connectivity index (χ3n) is 6.38. The number of benzene rings is 2. The average molecular weight is 536 g/mol. The molecule has 0 saturated carbocycles. The number of nitrogens with one attached hydrogen (secondary N) is 1. The summed E-state index contributed by atoms with van der Waals surface area (Å²) in [6.45, 7) is 20.4. The van der Waals surface area contributed by atoms with Crippen LogP contribution in [0.3, 0.4) is 0 Å². The van der Waals surface area contributed by atoms with E-state index in [9.17, 15) is 13.2 Å². The smallest absolute Gasteiger partial charge is 0.366 e. The molecule has 0 bridgehead atoms. The van der Waals surface area contributed by atoms with E-state index in [4.69, 9.17) is 15.8 Å². The third kappa shape index (κ3) is 7.48. The van der Waals surface area contributed by atoms with Crippen LogP contribution in [0.5, 0.6) is 5.75 Å². The maximum Gasteiger partial charge on any atom is 0.409 e. The monoisotopic (exact) mass is 535 g/mol. The van der Waals surface area contributed by atoms with Crippen molar-refractivity contribution < 1.29 is 17.4 Å². The van der Waals surface area contributed by atoms with Gasteiger partial charge in [0.1, 0.15) is 0 Å². The molecule has 0 aliphatic heterocycles. The van der Waals surface area contributed by atoms with Crippen LogP contribution in [0.4, 0.5) is 0 Å². The van der Waals surface area contributed by atoms with Gasteiger partial charge in [-0.1, -0.05) is 93.0 Å². The second kappa shape index (κ2) is 12.0. The molecule has 36 heavy (non-hydrogen) atoms. The van der Waals surface area contributed by atoms with E-state index in [2.05, 4.69) is 58.4 Å². The third-order valence-corrected chi connectivity index (χ3v) is 7.46. The van der Waals surface area contributed by atoms with E-state index < -0.39 is 16.2 Å². The molecule has 0 aliphatic rings. The van der Waals surface area contributed by atoms with Crippen LogP contribution in [0.25, 0.3) is 0 Å². The second-order valence-electron chi connectivity index (χ2n) is 11.1. The second-order valence-corrected chi connectivity index (χ2v) is 12.8. The van der Waals surface area contributed by atoms with Crippen molar-refractivity contribution in [3.8, 4) is 5.75 Å². The SMILES string of the molecule is CC(C)c1cc(C(C)C)c(CC(=O)NS(=O)(=O)Oc2c(C(C)C)cc(Cl)cc2C(C)C)c(C(C)C)c1. The van der Waals surface area contributed by atoms with Crippen molar-refractivity contribution >= 4 is 27.8 Å². The highest BCUT2D eigenvalue weighted by Crippen LogP contribution is 2.38.